The van der Waals surface area contributed by atoms with Crippen LogP contribution in [0.2, 0.25) is 0 Å². The molecule has 0 spiro atoms. The number of aromatic carboxylic acids is 1. The van der Waals surface area contributed by atoms with Crippen molar-refractivity contribution in [3.05, 3.63) is 41.7 Å². The number of carbonyl (C=O) groups excluding carboxylic acids is 1. The molecule has 0 radical (unpaired) electrons. The molecule has 0 saturated heterocycles. The standard InChI is InChI=1S/C16H20N4O3/c1-2-3-4-5-12-6-8-13(9-7-12)17-15(21)11-20-10-14(16(22)23)18-19-20/h6-10H,2-5,11H2,1H3,(H,17,21)(H,22,23). The normalized spacial score (nSPS) is 10.5. The number of amides is 1. The van der Waals surface area contributed by atoms with Gasteiger partial charge in [-0.15, -0.1) is 5.10 Å². The summed E-state index contributed by atoms with van der Waals surface area (Å²) in [4.78, 5) is 22.6. The number of nitrogens with zero attached hydrogens (tertiary/aromatic N) is 3. The van der Waals surface area contributed by atoms with E-state index in [-0.39, 0.29) is 18.1 Å². The van der Waals surface area contributed by atoms with Crippen molar-refractivity contribution >= 4 is 17.6 Å². The van der Waals surface area contributed by atoms with Crippen molar-refractivity contribution in [1.82, 2.24) is 15.0 Å². The van der Waals surface area contributed by atoms with Crippen LogP contribution in [0, 0.1) is 0 Å². The summed E-state index contributed by atoms with van der Waals surface area (Å²) in [6, 6.07) is 7.74. The zero-order valence-electron chi connectivity index (χ0n) is 13.0. The Morgan fingerprint density at radius 1 is 1.22 bits per heavy atom. The molecule has 0 unspecified atom stereocenters. The Labute approximate surface area is 134 Å². The number of hydrogen-bond acceptors (Lipinski definition) is 4. The molecule has 122 valence electrons. The molecule has 0 fully saturated rings. The van der Waals surface area contributed by atoms with Crippen molar-refractivity contribution in [3.63, 3.8) is 0 Å². The van der Waals surface area contributed by atoms with Gasteiger partial charge in [0.1, 0.15) is 6.54 Å². The number of anilines is 1. The van der Waals surface area contributed by atoms with Crippen molar-refractivity contribution in [2.45, 2.75) is 39.2 Å². The molecule has 0 aliphatic carbocycles. The predicted molar refractivity (Wildman–Crippen MR) is 85.3 cm³/mol. The molecule has 2 N–H and O–H groups in total. The number of nitrogens with one attached hydrogen (secondary N) is 1. The number of unbranched alkanes of at least 4 members (excludes halogenated alkanes) is 2. The number of rotatable bonds is 8. The number of carboxylic acids is 1. The summed E-state index contributed by atoms with van der Waals surface area (Å²) in [5, 5.41) is 18.6. The van der Waals surface area contributed by atoms with Gasteiger partial charge in [0, 0.05) is 5.69 Å². The maximum absolute atomic E-state index is 11.9. The second-order valence-corrected chi connectivity index (χ2v) is 5.31. The zero-order valence-corrected chi connectivity index (χ0v) is 13.0. The van der Waals surface area contributed by atoms with Crippen LogP contribution in [-0.2, 0) is 17.8 Å². The maximum atomic E-state index is 11.9. The van der Waals surface area contributed by atoms with Gasteiger partial charge in [-0.3, -0.25) is 4.79 Å². The Hall–Kier alpha value is -2.70. The number of hydrogen-bond donors (Lipinski definition) is 2. The summed E-state index contributed by atoms with van der Waals surface area (Å²) in [7, 11) is 0. The summed E-state index contributed by atoms with van der Waals surface area (Å²) in [5.74, 6) is -1.46. The maximum Gasteiger partial charge on any atom is 0.358 e. The third-order valence-electron chi connectivity index (χ3n) is 3.37. The summed E-state index contributed by atoms with van der Waals surface area (Å²) in [6.07, 6.45) is 5.84. The average Bonchev–Trinajstić information content (AvgIpc) is 2.98. The van der Waals surface area contributed by atoms with Crippen molar-refractivity contribution in [1.29, 1.82) is 0 Å². The van der Waals surface area contributed by atoms with E-state index in [1.165, 1.54) is 35.7 Å². The van der Waals surface area contributed by atoms with Crippen molar-refractivity contribution in [2.75, 3.05) is 5.32 Å². The van der Waals surface area contributed by atoms with Crippen LogP contribution in [0.1, 0.15) is 42.2 Å². The first kappa shape index (κ1) is 16.7. The van der Waals surface area contributed by atoms with Crippen molar-refractivity contribution in [2.24, 2.45) is 0 Å². The highest BCUT2D eigenvalue weighted by Crippen LogP contribution is 2.12. The predicted octanol–water partition coefficient (Wildman–Crippen LogP) is 2.35. The number of carboxylic acid groups (broad SMARTS) is 1. The van der Waals surface area contributed by atoms with Crippen LogP contribution in [0.4, 0.5) is 5.69 Å². The molecular formula is C16H20N4O3. The van der Waals surface area contributed by atoms with E-state index in [2.05, 4.69) is 22.6 Å². The minimum Gasteiger partial charge on any atom is -0.476 e. The van der Waals surface area contributed by atoms with E-state index < -0.39 is 5.97 Å². The SMILES string of the molecule is CCCCCc1ccc(NC(=O)Cn2cc(C(=O)O)nn2)cc1. The molecule has 23 heavy (non-hydrogen) atoms. The Morgan fingerprint density at radius 3 is 2.57 bits per heavy atom. The largest absolute Gasteiger partial charge is 0.476 e. The molecule has 0 aliphatic heterocycles. The molecule has 1 amide bonds. The van der Waals surface area contributed by atoms with Crippen LogP contribution in [0.5, 0.6) is 0 Å². The quantitative estimate of drug-likeness (QED) is 0.729. The Balaban J connectivity index is 1.85. The first-order valence-electron chi connectivity index (χ1n) is 7.60. The van der Waals surface area contributed by atoms with Crippen LogP contribution < -0.4 is 5.32 Å². The molecule has 0 saturated carbocycles. The highest BCUT2D eigenvalue weighted by Gasteiger charge is 2.10. The molecule has 0 atom stereocenters. The zero-order chi connectivity index (χ0) is 16.7. The Kier molecular flexibility index (Phi) is 5.85. The minimum absolute atomic E-state index is 0.0848. The van der Waals surface area contributed by atoms with E-state index in [4.69, 9.17) is 5.11 Å². The highest BCUT2D eigenvalue weighted by atomic mass is 16.4. The smallest absolute Gasteiger partial charge is 0.358 e. The van der Waals surface area contributed by atoms with Gasteiger partial charge in [0.25, 0.3) is 0 Å². The molecular weight excluding hydrogens is 296 g/mol. The van der Waals surface area contributed by atoms with Gasteiger partial charge in [0.05, 0.1) is 6.20 Å². The van der Waals surface area contributed by atoms with Gasteiger partial charge in [-0.2, -0.15) is 0 Å². The van der Waals surface area contributed by atoms with Crippen LogP contribution in [0.3, 0.4) is 0 Å². The van der Waals surface area contributed by atoms with E-state index in [0.717, 1.165) is 6.42 Å². The van der Waals surface area contributed by atoms with Gasteiger partial charge in [-0.25, -0.2) is 9.48 Å². The van der Waals surface area contributed by atoms with E-state index in [1.54, 1.807) is 0 Å². The van der Waals surface area contributed by atoms with E-state index >= 15 is 0 Å². The topological polar surface area (TPSA) is 97.1 Å². The van der Waals surface area contributed by atoms with Gasteiger partial charge >= 0.3 is 5.97 Å². The van der Waals surface area contributed by atoms with E-state index in [1.807, 2.05) is 24.3 Å². The second kappa shape index (κ2) is 8.07. The fraction of sp³-hybridized carbons (Fsp3) is 0.375. The van der Waals surface area contributed by atoms with Gasteiger partial charge < -0.3 is 10.4 Å². The van der Waals surface area contributed by atoms with Crippen molar-refractivity contribution < 1.29 is 14.7 Å². The highest BCUT2D eigenvalue weighted by molar-refractivity contribution is 5.90. The van der Waals surface area contributed by atoms with Gasteiger partial charge in [-0.05, 0) is 30.5 Å². The third kappa shape index (κ3) is 5.21. The Bertz CT molecular complexity index is 664. The first-order chi connectivity index (χ1) is 11.1. The van der Waals surface area contributed by atoms with Gasteiger partial charge in [0.15, 0.2) is 5.69 Å². The molecule has 7 nitrogen and oxygen atoms in total. The molecule has 2 rings (SSSR count). The number of aryl methyl sites for hydroxylation is 1. The number of carbonyl (C=O) groups is 2. The van der Waals surface area contributed by atoms with E-state index in [0.29, 0.717) is 5.69 Å². The first-order valence-corrected chi connectivity index (χ1v) is 7.60. The monoisotopic (exact) mass is 316 g/mol. The van der Waals surface area contributed by atoms with Gasteiger partial charge in [-0.1, -0.05) is 37.1 Å². The molecule has 1 heterocycles. The fourth-order valence-electron chi connectivity index (χ4n) is 2.16. The summed E-state index contributed by atoms with van der Waals surface area (Å²) in [6.45, 7) is 2.09. The average molecular weight is 316 g/mol. The third-order valence-corrected chi connectivity index (χ3v) is 3.37. The van der Waals surface area contributed by atoms with Crippen LogP contribution in [0.15, 0.2) is 30.5 Å². The number of benzene rings is 1. The second-order valence-electron chi connectivity index (χ2n) is 5.31. The Morgan fingerprint density at radius 2 is 1.96 bits per heavy atom. The molecule has 7 heteroatoms. The lowest BCUT2D eigenvalue weighted by atomic mass is 10.1. The molecule has 2 aromatic rings. The molecule has 1 aromatic carbocycles. The lowest BCUT2D eigenvalue weighted by Gasteiger charge is -2.06. The molecule has 1 aromatic heterocycles. The lowest BCUT2D eigenvalue weighted by molar-refractivity contribution is -0.116. The molecule has 0 aliphatic rings. The fourth-order valence-corrected chi connectivity index (χ4v) is 2.16. The van der Waals surface area contributed by atoms with Crippen molar-refractivity contribution in [3.8, 4) is 0 Å². The minimum atomic E-state index is -1.17. The van der Waals surface area contributed by atoms with E-state index in [9.17, 15) is 9.59 Å². The summed E-state index contributed by atoms with van der Waals surface area (Å²) >= 11 is 0. The lowest BCUT2D eigenvalue weighted by Crippen LogP contribution is -2.19. The molecule has 0 bridgehead atoms. The number of aromatic nitrogens is 3. The van der Waals surface area contributed by atoms with Crippen LogP contribution >= 0.6 is 0 Å². The summed E-state index contributed by atoms with van der Waals surface area (Å²) < 4.78 is 1.19. The van der Waals surface area contributed by atoms with Crippen LogP contribution in [0.25, 0.3) is 0 Å². The van der Waals surface area contributed by atoms with Gasteiger partial charge in [0.2, 0.25) is 5.91 Å². The van der Waals surface area contributed by atoms with Crippen LogP contribution in [-0.4, -0.2) is 32.0 Å². The summed E-state index contributed by atoms with van der Waals surface area (Å²) in [5.41, 5.74) is 1.76.